The summed E-state index contributed by atoms with van der Waals surface area (Å²) in [5.41, 5.74) is 0.689. The minimum Gasteiger partial charge on any atom is -0.306 e. The summed E-state index contributed by atoms with van der Waals surface area (Å²) in [5, 5.41) is 0. The standard InChI is InChI=1S/C10H19IN2/c1-12-6-2-3-10(9-12)4-7-13(11)8-5-10/h2-9H2,1H3. The van der Waals surface area contributed by atoms with Crippen molar-refractivity contribution in [2.45, 2.75) is 25.7 Å². The highest BCUT2D eigenvalue weighted by Crippen LogP contribution is 2.39. The molecule has 0 aliphatic carbocycles. The quantitative estimate of drug-likeness (QED) is 0.499. The van der Waals surface area contributed by atoms with Crippen LogP contribution in [0.25, 0.3) is 0 Å². The molecule has 0 radical (unpaired) electrons. The lowest BCUT2D eigenvalue weighted by molar-refractivity contribution is 0.0624. The topological polar surface area (TPSA) is 6.48 Å². The van der Waals surface area contributed by atoms with Gasteiger partial charge in [0, 0.05) is 42.5 Å². The maximum absolute atomic E-state index is 2.52. The molecule has 0 bridgehead atoms. The molecule has 2 aliphatic rings. The van der Waals surface area contributed by atoms with Gasteiger partial charge in [0.05, 0.1) is 0 Å². The molecule has 0 aromatic rings. The zero-order valence-corrected chi connectivity index (χ0v) is 10.6. The smallest absolute Gasteiger partial charge is 0.0201 e. The zero-order valence-electron chi connectivity index (χ0n) is 8.43. The average molecular weight is 294 g/mol. The van der Waals surface area contributed by atoms with Gasteiger partial charge in [-0.15, -0.1) is 0 Å². The predicted octanol–water partition coefficient (Wildman–Crippen LogP) is 2.14. The highest BCUT2D eigenvalue weighted by molar-refractivity contribution is 14.1. The molecule has 0 amide bonds. The van der Waals surface area contributed by atoms with Crippen molar-refractivity contribution >= 4 is 22.9 Å². The SMILES string of the molecule is CN1CCCC2(CCN(I)CC2)C1. The molecule has 2 aliphatic heterocycles. The van der Waals surface area contributed by atoms with Crippen molar-refractivity contribution in [1.82, 2.24) is 8.01 Å². The van der Waals surface area contributed by atoms with E-state index < -0.39 is 0 Å². The second kappa shape index (κ2) is 4.03. The zero-order chi connectivity index (χ0) is 9.31. The summed E-state index contributed by atoms with van der Waals surface area (Å²) >= 11 is 2.46. The number of rotatable bonds is 0. The summed E-state index contributed by atoms with van der Waals surface area (Å²) < 4.78 is 2.44. The van der Waals surface area contributed by atoms with Gasteiger partial charge in [0.25, 0.3) is 0 Å². The first-order chi connectivity index (χ1) is 6.20. The molecule has 0 saturated carbocycles. The first-order valence-electron chi connectivity index (χ1n) is 5.30. The Bertz CT molecular complexity index is 176. The maximum atomic E-state index is 2.52. The molecule has 0 aromatic carbocycles. The van der Waals surface area contributed by atoms with Crippen LogP contribution in [0.1, 0.15) is 25.7 Å². The molecule has 0 N–H and O–H groups in total. The molecular weight excluding hydrogens is 275 g/mol. The maximum Gasteiger partial charge on any atom is 0.0201 e. The van der Waals surface area contributed by atoms with Crippen LogP contribution in [-0.4, -0.2) is 41.2 Å². The number of halogens is 1. The van der Waals surface area contributed by atoms with Crippen LogP contribution in [0.15, 0.2) is 0 Å². The van der Waals surface area contributed by atoms with Gasteiger partial charge in [0.2, 0.25) is 0 Å². The van der Waals surface area contributed by atoms with Gasteiger partial charge >= 0.3 is 0 Å². The van der Waals surface area contributed by atoms with Gasteiger partial charge < -0.3 is 4.90 Å². The third kappa shape index (κ3) is 2.36. The fraction of sp³-hybridized carbons (Fsp3) is 1.00. The van der Waals surface area contributed by atoms with Crippen LogP contribution >= 0.6 is 22.9 Å². The van der Waals surface area contributed by atoms with Crippen molar-refractivity contribution < 1.29 is 0 Å². The Morgan fingerprint density at radius 3 is 2.38 bits per heavy atom. The third-order valence-electron chi connectivity index (χ3n) is 3.62. The Balaban J connectivity index is 1.95. The molecule has 0 aromatic heterocycles. The molecule has 2 fully saturated rings. The van der Waals surface area contributed by atoms with Crippen molar-refractivity contribution in [3.8, 4) is 0 Å². The predicted molar refractivity (Wildman–Crippen MR) is 64.0 cm³/mol. The molecule has 2 nitrogen and oxygen atoms in total. The molecule has 1 spiro atoms. The molecular formula is C10H19IN2. The Kier molecular flexibility index (Phi) is 3.15. The van der Waals surface area contributed by atoms with E-state index in [1.54, 1.807) is 0 Å². The van der Waals surface area contributed by atoms with Crippen LogP contribution in [0.4, 0.5) is 0 Å². The van der Waals surface area contributed by atoms with Gasteiger partial charge in [-0.1, -0.05) is 0 Å². The molecule has 2 heterocycles. The lowest BCUT2D eigenvalue weighted by Crippen LogP contribution is -2.46. The summed E-state index contributed by atoms with van der Waals surface area (Å²) in [4.78, 5) is 2.52. The highest BCUT2D eigenvalue weighted by Gasteiger charge is 2.36. The number of hydrogen-bond donors (Lipinski definition) is 0. The Morgan fingerprint density at radius 2 is 1.77 bits per heavy atom. The van der Waals surface area contributed by atoms with Gasteiger partial charge in [-0.25, -0.2) is 3.11 Å². The van der Waals surface area contributed by atoms with E-state index in [0.29, 0.717) is 5.41 Å². The van der Waals surface area contributed by atoms with E-state index in [0.717, 1.165) is 0 Å². The van der Waals surface area contributed by atoms with Crippen LogP contribution in [0.2, 0.25) is 0 Å². The van der Waals surface area contributed by atoms with Crippen molar-refractivity contribution in [3.63, 3.8) is 0 Å². The summed E-state index contributed by atoms with van der Waals surface area (Å²) in [6.45, 7) is 5.26. The van der Waals surface area contributed by atoms with Gasteiger partial charge in [0.1, 0.15) is 0 Å². The highest BCUT2D eigenvalue weighted by atomic mass is 127. The number of piperidine rings is 2. The monoisotopic (exact) mass is 294 g/mol. The van der Waals surface area contributed by atoms with Crippen LogP contribution in [0.5, 0.6) is 0 Å². The van der Waals surface area contributed by atoms with Crippen molar-refractivity contribution in [2.75, 3.05) is 33.2 Å². The number of likely N-dealkylation sites (tertiary alicyclic amines) is 1. The van der Waals surface area contributed by atoms with Crippen molar-refractivity contribution in [3.05, 3.63) is 0 Å². The van der Waals surface area contributed by atoms with E-state index in [4.69, 9.17) is 0 Å². The van der Waals surface area contributed by atoms with E-state index in [9.17, 15) is 0 Å². The van der Waals surface area contributed by atoms with E-state index in [2.05, 4.69) is 37.9 Å². The fourth-order valence-electron chi connectivity index (χ4n) is 2.82. The van der Waals surface area contributed by atoms with Crippen LogP contribution < -0.4 is 0 Å². The third-order valence-corrected chi connectivity index (χ3v) is 4.59. The number of hydrogen-bond acceptors (Lipinski definition) is 2. The second-order valence-electron chi connectivity index (χ2n) is 4.75. The largest absolute Gasteiger partial charge is 0.306 e. The van der Waals surface area contributed by atoms with E-state index in [-0.39, 0.29) is 0 Å². The van der Waals surface area contributed by atoms with Crippen LogP contribution in [-0.2, 0) is 0 Å². The van der Waals surface area contributed by atoms with Crippen molar-refractivity contribution in [1.29, 1.82) is 0 Å². The average Bonchev–Trinajstić information content (AvgIpc) is 2.11. The molecule has 13 heavy (non-hydrogen) atoms. The van der Waals surface area contributed by atoms with E-state index in [1.165, 1.54) is 51.9 Å². The lowest BCUT2D eigenvalue weighted by Gasteiger charge is -2.45. The van der Waals surface area contributed by atoms with Crippen molar-refractivity contribution in [2.24, 2.45) is 5.41 Å². The summed E-state index contributed by atoms with van der Waals surface area (Å²) in [6, 6.07) is 0. The summed E-state index contributed by atoms with van der Waals surface area (Å²) in [5.74, 6) is 0. The summed E-state index contributed by atoms with van der Waals surface area (Å²) in [6.07, 6.45) is 5.72. The first kappa shape index (κ1) is 10.2. The van der Waals surface area contributed by atoms with Crippen LogP contribution in [0, 0.1) is 5.41 Å². The molecule has 2 rings (SSSR count). The van der Waals surface area contributed by atoms with Gasteiger partial charge in [-0.2, -0.15) is 0 Å². The Hall–Kier alpha value is 0.650. The molecule has 2 saturated heterocycles. The first-order valence-corrected chi connectivity index (χ1v) is 6.26. The fourth-order valence-corrected chi connectivity index (χ4v) is 3.30. The number of nitrogens with zero attached hydrogens (tertiary/aromatic N) is 2. The molecule has 0 atom stereocenters. The summed E-state index contributed by atoms with van der Waals surface area (Å²) in [7, 11) is 2.28. The minimum atomic E-state index is 0.689. The van der Waals surface area contributed by atoms with E-state index in [1.807, 2.05) is 0 Å². The van der Waals surface area contributed by atoms with Gasteiger partial charge in [-0.3, -0.25) is 0 Å². The normalized spacial score (nSPS) is 30.9. The minimum absolute atomic E-state index is 0.689. The van der Waals surface area contributed by atoms with Gasteiger partial charge in [0.15, 0.2) is 0 Å². The molecule has 3 heteroatoms. The molecule has 0 unspecified atom stereocenters. The van der Waals surface area contributed by atoms with Crippen LogP contribution in [0.3, 0.4) is 0 Å². The lowest BCUT2D eigenvalue weighted by atomic mass is 9.73. The van der Waals surface area contributed by atoms with E-state index >= 15 is 0 Å². The Labute approximate surface area is 95.2 Å². The van der Waals surface area contributed by atoms with Gasteiger partial charge in [-0.05, 0) is 44.7 Å². The second-order valence-corrected chi connectivity index (χ2v) is 6.12. The Morgan fingerprint density at radius 1 is 1.08 bits per heavy atom. The molecule has 76 valence electrons.